The van der Waals surface area contributed by atoms with Gasteiger partial charge in [0.15, 0.2) is 0 Å². The van der Waals surface area contributed by atoms with Crippen LogP contribution in [0.5, 0.6) is 0 Å². The first kappa shape index (κ1) is 6.60. The average molecular weight is 145 g/mol. The highest BCUT2D eigenvalue weighted by atomic mass is 32.2. The highest BCUT2D eigenvalue weighted by Crippen LogP contribution is 2.08. The number of carbonyl (C=O) groups is 1. The van der Waals surface area contributed by atoms with E-state index in [2.05, 4.69) is 10.7 Å². The third-order valence-electron chi connectivity index (χ3n) is 0.899. The van der Waals surface area contributed by atoms with E-state index in [1.165, 1.54) is 0 Å². The predicted octanol–water partition coefficient (Wildman–Crippen LogP) is -0.254. The van der Waals surface area contributed by atoms with Crippen LogP contribution in [0.1, 0.15) is 0 Å². The Bertz CT molecular complexity index is 147. The van der Waals surface area contributed by atoms with E-state index >= 15 is 0 Å². The van der Waals surface area contributed by atoms with E-state index in [0.717, 1.165) is 11.8 Å². The number of nitrogens with two attached hydrogens (primary N) is 1. The van der Waals surface area contributed by atoms with Gasteiger partial charge in [0, 0.05) is 0 Å². The Hall–Kier alpha value is -0.520. The van der Waals surface area contributed by atoms with Crippen LogP contribution < -0.4 is 16.6 Å². The summed E-state index contributed by atoms with van der Waals surface area (Å²) in [4.78, 5) is 10.5. The molecule has 0 aromatic carbocycles. The zero-order valence-corrected chi connectivity index (χ0v) is 5.44. The van der Waals surface area contributed by atoms with Gasteiger partial charge in [-0.25, -0.2) is 5.43 Å². The maximum absolute atomic E-state index is 10.5. The highest BCUT2D eigenvalue weighted by molar-refractivity contribution is 8.16. The summed E-state index contributed by atoms with van der Waals surface area (Å²) in [5, 5.41) is 4.18. The van der Waals surface area contributed by atoms with Crippen molar-refractivity contribution < 1.29 is 4.79 Å². The van der Waals surface area contributed by atoms with Crippen molar-refractivity contribution in [1.82, 2.24) is 10.7 Å². The average Bonchev–Trinajstić information content (AvgIpc) is 1.88. The van der Waals surface area contributed by atoms with Crippen LogP contribution in [-0.4, -0.2) is 11.4 Å². The molecule has 0 aromatic rings. The van der Waals surface area contributed by atoms with Crippen molar-refractivity contribution in [2.24, 2.45) is 5.84 Å². The Morgan fingerprint density at radius 3 is 3.11 bits per heavy atom. The van der Waals surface area contributed by atoms with Crippen LogP contribution in [0, 0.1) is 0 Å². The van der Waals surface area contributed by atoms with Gasteiger partial charge in [0.2, 0.25) is 0 Å². The summed E-state index contributed by atoms with van der Waals surface area (Å²) in [6, 6.07) is 0. The molecular formula is C4H7N3OS. The molecule has 50 valence electrons. The summed E-state index contributed by atoms with van der Waals surface area (Å²) in [5.41, 5.74) is 2.40. The lowest BCUT2D eigenvalue weighted by atomic mass is 10.5. The van der Waals surface area contributed by atoms with Gasteiger partial charge in [-0.1, -0.05) is 0 Å². The van der Waals surface area contributed by atoms with Gasteiger partial charge in [-0.15, -0.1) is 0 Å². The fourth-order valence-electron chi connectivity index (χ4n) is 0.486. The highest BCUT2D eigenvalue weighted by Gasteiger charge is 2.10. The molecular weight excluding hydrogens is 138 g/mol. The van der Waals surface area contributed by atoms with Crippen LogP contribution in [0.15, 0.2) is 11.5 Å². The molecule has 1 amide bonds. The van der Waals surface area contributed by atoms with Gasteiger partial charge < -0.3 is 5.32 Å². The van der Waals surface area contributed by atoms with Gasteiger partial charge in [0.25, 0.3) is 5.24 Å². The van der Waals surface area contributed by atoms with Crippen LogP contribution in [0.4, 0.5) is 4.79 Å². The first-order chi connectivity index (χ1) is 4.33. The molecule has 1 aliphatic heterocycles. The van der Waals surface area contributed by atoms with Gasteiger partial charge >= 0.3 is 0 Å². The molecule has 4 N–H and O–H groups in total. The lowest BCUT2D eigenvalue weighted by Gasteiger charge is -2.15. The predicted molar refractivity (Wildman–Crippen MR) is 36.4 cm³/mol. The van der Waals surface area contributed by atoms with E-state index in [1.807, 2.05) is 0 Å². The molecule has 1 atom stereocenters. The lowest BCUT2D eigenvalue weighted by molar-refractivity contribution is 0.257. The fourth-order valence-corrected chi connectivity index (χ4v) is 1.04. The number of hydrogen-bond donors (Lipinski definition) is 3. The molecule has 0 bridgehead atoms. The molecule has 0 aromatic heterocycles. The first-order valence-electron chi connectivity index (χ1n) is 2.43. The molecule has 9 heavy (non-hydrogen) atoms. The Balaban J connectivity index is 2.49. The van der Waals surface area contributed by atoms with E-state index in [9.17, 15) is 4.79 Å². The van der Waals surface area contributed by atoms with E-state index in [4.69, 9.17) is 5.84 Å². The normalized spacial score (nSPS) is 25.9. The number of rotatable bonds is 1. The van der Waals surface area contributed by atoms with Crippen LogP contribution in [0.25, 0.3) is 0 Å². The summed E-state index contributed by atoms with van der Waals surface area (Å²) in [7, 11) is 0. The molecule has 0 saturated heterocycles. The number of amides is 1. The molecule has 0 saturated carbocycles. The summed E-state index contributed by atoms with van der Waals surface area (Å²) in [6.45, 7) is 0. The maximum atomic E-state index is 10.5. The second-order valence-electron chi connectivity index (χ2n) is 1.52. The number of hydrazine groups is 1. The molecule has 1 rings (SSSR count). The Morgan fingerprint density at radius 1 is 1.89 bits per heavy atom. The van der Waals surface area contributed by atoms with Crippen LogP contribution in [0.2, 0.25) is 0 Å². The topological polar surface area (TPSA) is 67.1 Å². The van der Waals surface area contributed by atoms with Crippen LogP contribution >= 0.6 is 11.8 Å². The number of thioether (sulfide) groups is 1. The van der Waals surface area contributed by atoms with Crippen molar-refractivity contribution in [3.8, 4) is 0 Å². The zero-order chi connectivity index (χ0) is 6.69. The monoisotopic (exact) mass is 145 g/mol. The number of carbonyl (C=O) groups excluding carboxylic acids is 1. The third-order valence-corrected chi connectivity index (χ3v) is 1.52. The quantitative estimate of drug-likeness (QED) is 0.351. The lowest BCUT2D eigenvalue weighted by Crippen LogP contribution is -2.47. The largest absolute Gasteiger partial charge is 0.327 e. The Morgan fingerprint density at radius 2 is 2.67 bits per heavy atom. The van der Waals surface area contributed by atoms with E-state index < -0.39 is 0 Å². The van der Waals surface area contributed by atoms with Gasteiger partial charge in [-0.3, -0.25) is 10.6 Å². The van der Waals surface area contributed by atoms with Crippen molar-refractivity contribution in [2.75, 3.05) is 0 Å². The van der Waals surface area contributed by atoms with Crippen molar-refractivity contribution in [3.63, 3.8) is 0 Å². The van der Waals surface area contributed by atoms with E-state index in [-0.39, 0.29) is 11.4 Å². The summed E-state index contributed by atoms with van der Waals surface area (Å²) < 4.78 is 0. The third kappa shape index (κ3) is 1.70. The van der Waals surface area contributed by atoms with Crippen molar-refractivity contribution >= 4 is 17.0 Å². The SMILES string of the molecule is NNC1C=CSC(=O)N1. The van der Waals surface area contributed by atoms with Crippen molar-refractivity contribution in [1.29, 1.82) is 0 Å². The second kappa shape index (κ2) is 2.86. The fraction of sp³-hybridized carbons (Fsp3) is 0.250. The summed E-state index contributed by atoms with van der Waals surface area (Å²) in [6.07, 6.45) is 1.56. The minimum atomic E-state index is -0.209. The molecule has 0 radical (unpaired) electrons. The molecule has 1 unspecified atom stereocenters. The van der Waals surface area contributed by atoms with E-state index in [0.29, 0.717) is 0 Å². The molecule has 0 fully saturated rings. The van der Waals surface area contributed by atoms with Crippen LogP contribution in [-0.2, 0) is 0 Å². The van der Waals surface area contributed by atoms with Gasteiger partial charge in [0.05, 0.1) is 0 Å². The smallest absolute Gasteiger partial charge is 0.284 e. The van der Waals surface area contributed by atoms with Crippen molar-refractivity contribution in [2.45, 2.75) is 6.17 Å². The maximum Gasteiger partial charge on any atom is 0.284 e. The molecule has 1 aliphatic rings. The second-order valence-corrected chi connectivity index (χ2v) is 2.40. The van der Waals surface area contributed by atoms with Gasteiger partial charge in [-0.2, -0.15) is 0 Å². The van der Waals surface area contributed by atoms with Crippen molar-refractivity contribution in [3.05, 3.63) is 11.5 Å². The standard InChI is InChI=1S/C4H7N3OS/c5-7-3-1-2-9-4(8)6-3/h1-3,7H,5H2,(H,6,8). The van der Waals surface area contributed by atoms with Crippen LogP contribution in [0.3, 0.4) is 0 Å². The summed E-state index contributed by atoms with van der Waals surface area (Å²) in [5.74, 6) is 5.04. The molecule has 1 heterocycles. The Labute approximate surface area is 56.8 Å². The molecule has 4 nitrogen and oxygen atoms in total. The molecule has 5 heteroatoms. The minimum Gasteiger partial charge on any atom is -0.327 e. The minimum absolute atomic E-state index is 0.0829. The Kier molecular flexibility index (Phi) is 2.10. The number of hydrogen-bond acceptors (Lipinski definition) is 4. The number of nitrogens with one attached hydrogen (secondary N) is 2. The van der Waals surface area contributed by atoms with Gasteiger partial charge in [0.1, 0.15) is 6.17 Å². The van der Waals surface area contributed by atoms with Gasteiger partial charge in [-0.05, 0) is 23.2 Å². The zero-order valence-electron chi connectivity index (χ0n) is 4.63. The molecule has 0 spiro atoms. The summed E-state index contributed by atoms with van der Waals surface area (Å²) >= 11 is 1.11. The first-order valence-corrected chi connectivity index (χ1v) is 3.31. The molecule has 0 aliphatic carbocycles. The van der Waals surface area contributed by atoms with E-state index in [1.54, 1.807) is 11.5 Å².